The minimum absolute atomic E-state index is 0.919. The number of hydrogen-bond acceptors (Lipinski definition) is 1. The van der Waals surface area contributed by atoms with E-state index in [4.69, 9.17) is 0 Å². The van der Waals surface area contributed by atoms with Crippen LogP contribution in [0.4, 0.5) is 11.4 Å². The van der Waals surface area contributed by atoms with Crippen molar-refractivity contribution in [3.05, 3.63) is 97.1 Å². The fourth-order valence-corrected chi connectivity index (χ4v) is 3.40. The second-order valence-corrected chi connectivity index (χ2v) is 6.16. The standard InChI is InChI=1S/C24H21N/c1-2-25(22-15-7-4-8-16-22)24-18-21-14-10-9-13-20(21)17-23(24)19-11-5-3-6-12-19/h3-18H,2H2,1H3. The van der Waals surface area contributed by atoms with Gasteiger partial charge in [-0.3, -0.25) is 0 Å². The number of hydrogen-bond donors (Lipinski definition) is 0. The summed E-state index contributed by atoms with van der Waals surface area (Å²) in [6.45, 7) is 3.12. The lowest BCUT2D eigenvalue weighted by Gasteiger charge is -2.27. The molecule has 4 aromatic carbocycles. The summed E-state index contributed by atoms with van der Waals surface area (Å²) in [5.41, 5.74) is 4.98. The molecule has 0 amide bonds. The Morgan fingerprint density at radius 3 is 1.84 bits per heavy atom. The molecule has 0 atom stereocenters. The predicted molar refractivity (Wildman–Crippen MR) is 109 cm³/mol. The molecule has 4 aromatic rings. The normalized spacial score (nSPS) is 10.8. The van der Waals surface area contributed by atoms with E-state index in [9.17, 15) is 0 Å². The van der Waals surface area contributed by atoms with Crippen LogP contribution >= 0.6 is 0 Å². The van der Waals surface area contributed by atoms with Crippen molar-refractivity contribution in [2.75, 3.05) is 11.4 Å². The van der Waals surface area contributed by atoms with Gasteiger partial charge in [0.05, 0.1) is 0 Å². The van der Waals surface area contributed by atoms with Crippen LogP contribution in [0.2, 0.25) is 0 Å². The molecule has 1 heteroatoms. The fraction of sp³-hybridized carbons (Fsp3) is 0.0833. The van der Waals surface area contributed by atoms with Gasteiger partial charge in [-0.25, -0.2) is 0 Å². The first-order valence-corrected chi connectivity index (χ1v) is 8.77. The summed E-state index contributed by atoms with van der Waals surface area (Å²) < 4.78 is 0. The maximum atomic E-state index is 2.38. The lowest BCUT2D eigenvalue weighted by molar-refractivity contribution is 1.03. The largest absolute Gasteiger partial charge is 0.341 e. The van der Waals surface area contributed by atoms with Crippen LogP contribution < -0.4 is 4.90 Å². The van der Waals surface area contributed by atoms with Crippen LogP contribution in [0.15, 0.2) is 97.1 Å². The van der Waals surface area contributed by atoms with Gasteiger partial charge < -0.3 is 4.90 Å². The molecule has 1 nitrogen and oxygen atoms in total. The van der Waals surface area contributed by atoms with Crippen LogP contribution in [-0.4, -0.2) is 6.54 Å². The van der Waals surface area contributed by atoms with Crippen LogP contribution in [0.3, 0.4) is 0 Å². The van der Waals surface area contributed by atoms with Crippen LogP contribution in [0.5, 0.6) is 0 Å². The smallest absolute Gasteiger partial charge is 0.0496 e. The van der Waals surface area contributed by atoms with Gasteiger partial charge in [-0.15, -0.1) is 0 Å². The lowest BCUT2D eigenvalue weighted by Crippen LogP contribution is -2.16. The summed E-state index contributed by atoms with van der Waals surface area (Å²) in [5, 5.41) is 2.54. The van der Waals surface area contributed by atoms with Crippen molar-refractivity contribution in [2.45, 2.75) is 6.92 Å². The van der Waals surface area contributed by atoms with Crippen molar-refractivity contribution in [3.8, 4) is 11.1 Å². The van der Waals surface area contributed by atoms with Gasteiger partial charge in [-0.05, 0) is 47.5 Å². The van der Waals surface area contributed by atoms with Crippen molar-refractivity contribution < 1.29 is 0 Å². The zero-order chi connectivity index (χ0) is 17.1. The topological polar surface area (TPSA) is 3.24 Å². The second-order valence-electron chi connectivity index (χ2n) is 6.16. The molecule has 0 radical (unpaired) electrons. The summed E-state index contributed by atoms with van der Waals surface area (Å²) in [6.07, 6.45) is 0. The van der Waals surface area contributed by atoms with E-state index in [1.807, 2.05) is 0 Å². The molecule has 0 bridgehead atoms. The monoisotopic (exact) mass is 323 g/mol. The number of fused-ring (bicyclic) bond motifs is 1. The predicted octanol–water partition coefficient (Wildman–Crippen LogP) is 6.66. The lowest BCUT2D eigenvalue weighted by atomic mass is 9.98. The third-order valence-electron chi connectivity index (χ3n) is 4.62. The van der Waals surface area contributed by atoms with Crippen LogP contribution in [0, 0.1) is 0 Å². The van der Waals surface area contributed by atoms with Crippen LogP contribution in [-0.2, 0) is 0 Å². The first-order valence-electron chi connectivity index (χ1n) is 8.77. The van der Waals surface area contributed by atoms with Gasteiger partial charge in [0.1, 0.15) is 0 Å². The van der Waals surface area contributed by atoms with Crippen molar-refractivity contribution >= 4 is 22.1 Å². The molecule has 0 unspecified atom stereocenters. The van der Waals surface area contributed by atoms with E-state index in [1.54, 1.807) is 0 Å². The van der Waals surface area contributed by atoms with Gasteiger partial charge in [0, 0.05) is 23.5 Å². The first kappa shape index (κ1) is 15.5. The molecule has 122 valence electrons. The highest BCUT2D eigenvalue weighted by atomic mass is 15.1. The Bertz CT molecular complexity index is 975. The Morgan fingerprint density at radius 1 is 0.640 bits per heavy atom. The molecule has 4 rings (SSSR count). The maximum Gasteiger partial charge on any atom is 0.0496 e. The van der Waals surface area contributed by atoms with Crippen molar-refractivity contribution in [2.24, 2.45) is 0 Å². The molecule has 0 saturated heterocycles. The average molecular weight is 323 g/mol. The van der Waals surface area contributed by atoms with Crippen molar-refractivity contribution in [1.82, 2.24) is 0 Å². The fourth-order valence-electron chi connectivity index (χ4n) is 3.40. The highest BCUT2D eigenvalue weighted by Gasteiger charge is 2.14. The summed E-state index contributed by atoms with van der Waals surface area (Å²) in [5.74, 6) is 0. The zero-order valence-electron chi connectivity index (χ0n) is 14.4. The molecule has 0 fully saturated rings. The minimum Gasteiger partial charge on any atom is -0.341 e. The van der Waals surface area contributed by atoms with E-state index >= 15 is 0 Å². The summed E-state index contributed by atoms with van der Waals surface area (Å²) in [4.78, 5) is 2.38. The van der Waals surface area contributed by atoms with Crippen molar-refractivity contribution in [3.63, 3.8) is 0 Å². The third-order valence-corrected chi connectivity index (χ3v) is 4.62. The quantitative estimate of drug-likeness (QED) is 0.405. The molecule has 0 heterocycles. The number of benzene rings is 4. The Hall–Kier alpha value is -3.06. The first-order chi connectivity index (χ1) is 12.4. The Kier molecular flexibility index (Phi) is 4.22. The average Bonchev–Trinajstić information content (AvgIpc) is 2.69. The maximum absolute atomic E-state index is 2.38. The van der Waals surface area contributed by atoms with Crippen LogP contribution in [0.1, 0.15) is 6.92 Å². The van der Waals surface area contributed by atoms with E-state index in [0.29, 0.717) is 0 Å². The molecule has 0 spiro atoms. The van der Waals surface area contributed by atoms with E-state index in [1.165, 1.54) is 33.3 Å². The van der Waals surface area contributed by atoms with E-state index < -0.39 is 0 Å². The van der Waals surface area contributed by atoms with Gasteiger partial charge in [0.15, 0.2) is 0 Å². The molecule has 0 aliphatic rings. The van der Waals surface area contributed by atoms with Crippen LogP contribution in [0.25, 0.3) is 21.9 Å². The van der Waals surface area contributed by atoms with Gasteiger partial charge in [0.2, 0.25) is 0 Å². The second kappa shape index (κ2) is 6.82. The highest BCUT2D eigenvalue weighted by Crippen LogP contribution is 2.38. The third kappa shape index (κ3) is 3.01. The number of nitrogens with zero attached hydrogens (tertiary/aromatic N) is 1. The molecule has 0 aliphatic carbocycles. The number of anilines is 2. The van der Waals surface area contributed by atoms with Gasteiger partial charge in [-0.1, -0.05) is 72.8 Å². The molecular formula is C24H21N. The number of para-hydroxylation sites is 1. The Labute approximate surface area is 149 Å². The Morgan fingerprint density at radius 2 is 1.20 bits per heavy atom. The highest BCUT2D eigenvalue weighted by molar-refractivity contribution is 5.96. The van der Waals surface area contributed by atoms with Gasteiger partial charge in [0.25, 0.3) is 0 Å². The molecule has 0 aliphatic heterocycles. The van der Waals surface area contributed by atoms with Crippen molar-refractivity contribution in [1.29, 1.82) is 0 Å². The van der Waals surface area contributed by atoms with E-state index in [-0.39, 0.29) is 0 Å². The molecule has 0 aromatic heterocycles. The number of rotatable bonds is 4. The zero-order valence-corrected chi connectivity index (χ0v) is 14.4. The SMILES string of the molecule is CCN(c1ccccc1)c1cc2ccccc2cc1-c1ccccc1. The Balaban J connectivity index is 1.97. The van der Waals surface area contributed by atoms with Gasteiger partial charge in [-0.2, -0.15) is 0 Å². The molecule has 0 saturated carbocycles. The molecule has 25 heavy (non-hydrogen) atoms. The minimum atomic E-state index is 0.919. The van der Waals surface area contributed by atoms with Gasteiger partial charge >= 0.3 is 0 Å². The molecule has 0 N–H and O–H groups in total. The summed E-state index contributed by atoms with van der Waals surface area (Å²) >= 11 is 0. The van der Waals surface area contributed by atoms with E-state index in [2.05, 4.69) is 109 Å². The summed E-state index contributed by atoms with van der Waals surface area (Å²) in [6, 6.07) is 34.5. The molecular weight excluding hydrogens is 302 g/mol. The van der Waals surface area contributed by atoms with E-state index in [0.717, 1.165) is 6.54 Å². The summed E-state index contributed by atoms with van der Waals surface area (Å²) in [7, 11) is 0.